The van der Waals surface area contributed by atoms with Crippen LogP contribution in [0.3, 0.4) is 0 Å². The van der Waals surface area contributed by atoms with E-state index < -0.39 is 22.3 Å². The summed E-state index contributed by atoms with van der Waals surface area (Å²) in [5, 5.41) is 13.4. The first-order valence-corrected chi connectivity index (χ1v) is 6.25. The highest BCUT2D eigenvalue weighted by molar-refractivity contribution is 5.98. The predicted octanol–water partition coefficient (Wildman–Crippen LogP) is 2.97. The quantitative estimate of drug-likeness (QED) is 0.694. The Morgan fingerprint density at radius 3 is 2.67 bits per heavy atom. The van der Waals surface area contributed by atoms with Crippen LogP contribution in [-0.4, -0.2) is 10.8 Å². The predicted molar refractivity (Wildman–Crippen MR) is 75.4 cm³/mol. The smallest absolute Gasteiger partial charge is 0.282 e. The number of nitrogens with one attached hydrogen (secondary N) is 1. The molecule has 0 bridgehead atoms. The number of aryl methyl sites for hydroxylation is 1. The van der Waals surface area contributed by atoms with E-state index >= 15 is 0 Å². The number of carbonyl (C=O) groups is 1. The fraction of sp³-hybridized carbons (Fsp3) is 0.133. The SMILES string of the molecule is Cc1ccccc1CNC(=O)c1cc(F)ccc1[N+](=O)[O-]. The molecular weight excluding hydrogens is 275 g/mol. The molecule has 1 N–H and O–H groups in total. The van der Waals surface area contributed by atoms with Crippen molar-refractivity contribution in [1.82, 2.24) is 5.32 Å². The molecule has 2 aromatic carbocycles. The molecule has 0 unspecified atom stereocenters. The number of carbonyl (C=O) groups excluding carboxylic acids is 1. The zero-order chi connectivity index (χ0) is 15.4. The molecule has 0 aliphatic rings. The maximum Gasteiger partial charge on any atom is 0.282 e. The van der Waals surface area contributed by atoms with Crippen molar-refractivity contribution >= 4 is 11.6 Å². The van der Waals surface area contributed by atoms with Gasteiger partial charge >= 0.3 is 0 Å². The van der Waals surface area contributed by atoms with E-state index in [0.29, 0.717) is 0 Å². The van der Waals surface area contributed by atoms with Crippen molar-refractivity contribution in [2.24, 2.45) is 0 Å². The molecule has 0 fully saturated rings. The minimum atomic E-state index is -0.706. The molecule has 2 rings (SSSR count). The van der Waals surface area contributed by atoms with E-state index in [1.807, 2.05) is 31.2 Å². The average Bonchev–Trinajstić information content (AvgIpc) is 2.45. The molecule has 21 heavy (non-hydrogen) atoms. The molecule has 0 saturated carbocycles. The van der Waals surface area contributed by atoms with Gasteiger partial charge in [0.2, 0.25) is 0 Å². The van der Waals surface area contributed by atoms with Gasteiger partial charge in [0.15, 0.2) is 0 Å². The molecule has 108 valence electrons. The Hall–Kier alpha value is -2.76. The van der Waals surface area contributed by atoms with Gasteiger partial charge in [-0.3, -0.25) is 14.9 Å². The van der Waals surface area contributed by atoms with Crippen molar-refractivity contribution < 1.29 is 14.1 Å². The van der Waals surface area contributed by atoms with Crippen LogP contribution in [0.25, 0.3) is 0 Å². The molecule has 0 heterocycles. The van der Waals surface area contributed by atoms with E-state index in [1.165, 1.54) is 0 Å². The van der Waals surface area contributed by atoms with Crippen LogP contribution in [0.5, 0.6) is 0 Å². The van der Waals surface area contributed by atoms with Crippen LogP contribution in [0, 0.1) is 22.9 Å². The highest BCUT2D eigenvalue weighted by Gasteiger charge is 2.20. The van der Waals surface area contributed by atoms with E-state index in [2.05, 4.69) is 5.32 Å². The molecule has 0 atom stereocenters. The minimum Gasteiger partial charge on any atom is -0.348 e. The summed E-state index contributed by atoms with van der Waals surface area (Å²) in [6, 6.07) is 10.2. The maximum atomic E-state index is 13.2. The number of nitrogens with zero attached hydrogens (tertiary/aromatic N) is 1. The Balaban J connectivity index is 2.19. The van der Waals surface area contributed by atoms with Crippen molar-refractivity contribution in [3.63, 3.8) is 0 Å². The topological polar surface area (TPSA) is 72.2 Å². The molecular formula is C15H13FN2O3. The summed E-state index contributed by atoms with van der Waals surface area (Å²) >= 11 is 0. The second-order valence-electron chi connectivity index (χ2n) is 4.53. The molecule has 0 spiro atoms. The highest BCUT2D eigenvalue weighted by atomic mass is 19.1. The third kappa shape index (κ3) is 3.42. The van der Waals surface area contributed by atoms with Crippen molar-refractivity contribution in [3.8, 4) is 0 Å². The summed E-state index contributed by atoms with van der Waals surface area (Å²) in [6.45, 7) is 2.12. The van der Waals surface area contributed by atoms with Gasteiger partial charge in [0.1, 0.15) is 11.4 Å². The zero-order valence-corrected chi connectivity index (χ0v) is 11.3. The molecule has 5 nitrogen and oxygen atoms in total. The average molecular weight is 288 g/mol. The lowest BCUT2D eigenvalue weighted by molar-refractivity contribution is -0.385. The second kappa shape index (κ2) is 6.13. The number of nitro groups is 1. The van der Waals surface area contributed by atoms with Crippen LogP contribution in [0.4, 0.5) is 10.1 Å². The number of amides is 1. The van der Waals surface area contributed by atoms with Crippen LogP contribution in [-0.2, 0) is 6.54 Å². The van der Waals surface area contributed by atoms with E-state index in [4.69, 9.17) is 0 Å². The molecule has 0 aromatic heterocycles. The first-order valence-electron chi connectivity index (χ1n) is 6.25. The molecule has 6 heteroatoms. The summed E-state index contributed by atoms with van der Waals surface area (Å²) < 4.78 is 13.2. The molecule has 0 radical (unpaired) electrons. The van der Waals surface area contributed by atoms with Crippen molar-refractivity contribution in [2.75, 3.05) is 0 Å². The van der Waals surface area contributed by atoms with Crippen LogP contribution in [0.15, 0.2) is 42.5 Å². The lowest BCUT2D eigenvalue weighted by Gasteiger charge is -2.08. The third-order valence-corrected chi connectivity index (χ3v) is 3.10. The number of hydrogen-bond donors (Lipinski definition) is 1. The number of nitro benzene ring substituents is 1. The van der Waals surface area contributed by atoms with E-state index in [1.54, 1.807) is 0 Å². The van der Waals surface area contributed by atoms with Gasteiger partial charge in [-0.25, -0.2) is 4.39 Å². The molecule has 0 saturated heterocycles. The summed E-state index contributed by atoms with van der Waals surface area (Å²) in [5.41, 5.74) is 1.18. The fourth-order valence-corrected chi connectivity index (χ4v) is 1.93. The first kappa shape index (κ1) is 14.6. The number of halogens is 1. The van der Waals surface area contributed by atoms with Gasteiger partial charge < -0.3 is 5.32 Å². The Morgan fingerprint density at radius 2 is 2.00 bits per heavy atom. The highest BCUT2D eigenvalue weighted by Crippen LogP contribution is 2.19. The van der Waals surface area contributed by atoms with Crippen molar-refractivity contribution in [2.45, 2.75) is 13.5 Å². The Kier molecular flexibility index (Phi) is 4.27. The van der Waals surface area contributed by atoms with Gasteiger partial charge in [0.25, 0.3) is 11.6 Å². The lowest BCUT2D eigenvalue weighted by Crippen LogP contribution is -2.24. The van der Waals surface area contributed by atoms with Crippen molar-refractivity contribution in [1.29, 1.82) is 0 Å². The van der Waals surface area contributed by atoms with E-state index in [9.17, 15) is 19.3 Å². The van der Waals surface area contributed by atoms with Crippen LogP contribution >= 0.6 is 0 Å². The lowest BCUT2D eigenvalue weighted by atomic mass is 10.1. The van der Waals surface area contributed by atoms with Gasteiger partial charge in [0, 0.05) is 12.6 Å². The van der Waals surface area contributed by atoms with Gasteiger partial charge in [0.05, 0.1) is 4.92 Å². The normalized spacial score (nSPS) is 10.2. The Morgan fingerprint density at radius 1 is 1.29 bits per heavy atom. The maximum absolute atomic E-state index is 13.2. The number of rotatable bonds is 4. The molecule has 1 amide bonds. The van der Waals surface area contributed by atoms with E-state index in [-0.39, 0.29) is 12.1 Å². The monoisotopic (exact) mass is 288 g/mol. The summed E-state index contributed by atoms with van der Waals surface area (Å²) in [5.74, 6) is -1.37. The van der Waals surface area contributed by atoms with Gasteiger partial charge in [-0.2, -0.15) is 0 Å². The summed E-state index contributed by atoms with van der Waals surface area (Å²) in [6.07, 6.45) is 0. The van der Waals surface area contributed by atoms with Crippen molar-refractivity contribution in [3.05, 3.63) is 75.1 Å². The van der Waals surface area contributed by atoms with E-state index in [0.717, 1.165) is 29.3 Å². The summed E-state index contributed by atoms with van der Waals surface area (Å²) in [7, 11) is 0. The number of hydrogen-bond acceptors (Lipinski definition) is 3. The van der Waals surface area contributed by atoms with Crippen LogP contribution < -0.4 is 5.32 Å². The zero-order valence-electron chi connectivity index (χ0n) is 11.3. The first-order chi connectivity index (χ1) is 9.99. The Bertz CT molecular complexity index is 701. The molecule has 0 aliphatic carbocycles. The standard InChI is InChI=1S/C15H13FN2O3/c1-10-4-2-3-5-11(10)9-17-15(19)13-8-12(16)6-7-14(13)18(20)21/h2-8H,9H2,1H3,(H,17,19). The van der Waals surface area contributed by atoms with Gasteiger partial charge in [-0.15, -0.1) is 0 Å². The van der Waals surface area contributed by atoms with Gasteiger partial charge in [-0.1, -0.05) is 24.3 Å². The second-order valence-corrected chi connectivity index (χ2v) is 4.53. The molecule has 2 aromatic rings. The van der Waals surface area contributed by atoms with Crippen LogP contribution in [0.2, 0.25) is 0 Å². The summed E-state index contributed by atoms with van der Waals surface area (Å²) in [4.78, 5) is 22.2. The third-order valence-electron chi connectivity index (χ3n) is 3.10. The fourth-order valence-electron chi connectivity index (χ4n) is 1.93. The molecule has 0 aliphatic heterocycles. The number of benzene rings is 2. The van der Waals surface area contributed by atoms with Crippen LogP contribution in [0.1, 0.15) is 21.5 Å². The largest absolute Gasteiger partial charge is 0.348 e. The minimum absolute atomic E-state index is 0.221. The van der Waals surface area contributed by atoms with Gasteiger partial charge in [-0.05, 0) is 30.2 Å². The Labute approximate surface area is 120 Å².